The van der Waals surface area contributed by atoms with Gasteiger partial charge in [0.2, 0.25) is 0 Å². The second-order valence-electron chi connectivity index (χ2n) is 7.49. The van der Waals surface area contributed by atoms with E-state index in [1.807, 2.05) is 0 Å². The summed E-state index contributed by atoms with van der Waals surface area (Å²) in [7, 11) is 0. The van der Waals surface area contributed by atoms with Gasteiger partial charge in [-0.05, 0) is 40.5 Å². The van der Waals surface area contributed by atoms with Crippen LogP contribution >= 0.6 is 0 Å². The van der Waals surface area contributed by atoms with Crippen LogP contribution in [0, 0.1) is 0 Å². The first-order valence-corrected chi connectivity index (χ1v) is 8.41. The second-order valence-corrected chi connectivity index (χ2v) is 7.49. The van der Waals surface area contributed by atoms with E-state index in [1.54, 1.807) is 0 Å². The van der Waals surface area contributed by atoms with E-state index in [0.717, 1.165) is 19.6 Å². The maximum absolute atomic E-state index is 2.59. The number of nitrogens with zero attached hydrogens (tertiary/aromatic N) is 1. The maximum Gasteiger partial charge on any atom is 0.0233 e. The van der Waals surface area contributed by atoms with Crippen molar-refractivity contribution < 1.29 is 0 Å². The fraction of sp³-hybridized carbons (Fsp3) is 0.429. The van der Waals surface area contributed by atoms with Gasteiger partial charge in [-0.15, -0.1) is 0 Å². The third-order valence-electron chi connectivity index (χ3n) is 4.74. The number of fused-ring (bicyclic) bond motifs is 1. The van der Waals surface area contributed by atoms with Gasteiger partial charge < -0.3 is 0 Å². The minimum Gasteiger partial charge on any atom is -0.298 e. The molecule has 116 valence electrons. The summed E-state index contributed by atoms with van der Waals surface area (Å²) in [4.78, 5) is 2.59. The van der Waals surface area contributed by atoms with Crippen molar-refractivity contribution in [3.8, 4) is 0 Å². The fourth-order valence-corrected chi connectivity index (χ4v) is 3.24. The molecule has 1 nitrogen and oxygen atoms in total. The molecule has 0 aromatic heterocycles. The molecule has 0 atom stereocenters. The summed E-state index contributed by atoms with van der Waals surface area (Å²) < 4.78 is 0. The quantitative estimate of drug-likeness (QED) is 0.783. The summed E-state index contributed by atoms with van der Waals surface area (Å²) in [6.07, 6.45) is 2.35. The van der Waals surface area contributed by atoms with Gasteiger partial charge >= 0.3 is 0 Å². The van der Waals surface area contributed by atoms with Crippen molar-refractivity contribution in [2.24, 2.45) is 0 Å². The van der Waals surface area contributed by atoms with Crippen LogP contribution in [0.3, 0.4) is 0 Å². The van der Waals surface area contributed by atoms with Crippen molar-refractivity contribution in [2.75, 3.05) is 13.1 Å². The van der Waals surface area contributed by atoms with Gasteiger partial charge in [0.1, 0.15) is 0 Å². The molecule has 0 aliphatic carbocycles. The molecule has 0 radical (unpaired) electrons. The summed E-state index contributed by atoms with van der Waals surface area (Å²) in [5.74, 6) is 0. The Bertz CT molecular complexity index is 592. The maximum atomic E-state index is 2.59. The molecular formula is C21H27N. The lowest BCUT2D eigenvalue weighted by atomic mass is 9.87. The van der Waals surface area contributed by atoms with Gasteiger partial charge in [0.25, 0.3) is 0 Å². The van der Waals surface area contributed by atoms with Crippen LogP contribution < -0.4 is 0 Å². The van der Waals surface area contributed by atoms with Crippen molar-refractivity contribution in [2.45, 2.75) is 45.6 Å². The lowest BCUT2D eigenvalue weighted by Gasteiger charge is -2.22. The third-order valence-corrected chi connectivity index (χ3v) is 4.74. The monoisotopic (exact) mass is 293 g/mol. The van der Waals surface area contributed by atoms with Gasteiger partial charge in [-0.2, -0.15) is 0 Å². The fourth-order valence-electron chi connectivity index (χ4n) is 3.24. The molecule has 1 heterocycles. The Hall–Kier alpha value is -1.60. The smallest absolute Gasteiger partial charge is 0.0233 e. The highest BCUT2D eigenvalue weighted by Gasteiger charge is 2.15. The molecule has 3 rings (SSSR count). The van der Waals surface area contributed by atoms with Crippen LogP contribution in [-0.4, -0.2) is 18.0 Å². The molecule has 1 heteroatoms. The molecule has 1 aliphatic heterocycles. The first-order valence-electron chi connectivity index (χ1n) is 8.41. The molecule has 2 aromatic carbocycles. The highest BCUT2D eigenvalue weighted by molar-refractivity contribution is 5.30. The Kier molecular flexibility index (Phi) is 4.35. The third kappa shape index (κ3) is 3.59. The number of hydrogen-bond donors (Lipinski definition) is 0. The number of hydrogen-bond acceptors (Lipinski definition) is 1. The summed E-state index contributed by atoms with van der Waals surface area (Å²) in [5, 5.41) is 0. The SMILES string of the molecule is CC(C)(C)c1ccc(CN2CCc3ccccc3CC2)cc1. The van der Waals surface area contributed by atoms with E-state index in [0.29, 0.717) is 0 Å². The molecule has 2 aromatic rings. The van der Waals surface area contributed by atoms with Crippen molar-refractivity contribution in [1.82, 2.24) is 4.90 Å². The van der Waals surface area contributed by atoms with E-state index in [1.165, 1.54) is 35.1 Å². The largest absolute Gasteiger partial charge is 0.298 e. The zero-order chi connectivity index (χ0) is 15.6. The van der Waals surface area contributed by atoms with Crippen LogP contribution in [-0.2, 0) is 24.8 Å². The lowest BCUT2D eigenvalue weighted by Crippen LogP contribution is -2.26. The summed E-state index contributed by atoms with van der Waals surface area (Å²) in [5.41, 5.74) is 6.16. The molecule has 22 heavy (non-hydrogen) atoms. The zero-order valence-corrected chi connectivity index (χ0v) is 14.1. The molecular weight excluding hydrogens is 266 g/mol. The van der Waals surface area contributed by atoms with Gasteiger partial charge in [0, 0.05) is 19.6 Å². The molecule has 0 fully saturated rings. The first-order chi connectivity index (χ1) is 10.5. The first kappa shape index (κ1) is 15.3. The van der Waals surface area contributed by atoms with Crippen molar-refractivity contribution in [3.63, 3.8) is 0 Å². The predicted octanol–water partition coefficient (Wildman–Crippen LogP) is 4.58. The van der Waals surface area contributed by atoms with E-state index in [2.05, 4.69) is 74.2 Å². The lowest BCUT2D eigenvalue weighted by molar-refractivity contribution is 0.279. The Balaban J connectivity index is 1.65. The molecule has 0 amide bonds. The van der Waals surface area contributed by atoms with Crippen LogP contribution in [0.25, 0.3) is 0 Å². The van der Waals surface area contributed by atoms with Crippen LogP contribution in [0.15, 0.2) is 48.5 Å². The molecule has 0 bridgehead atoms. The zero-order valence-electron chi connectivity index (χ0n) is 14.1. The average Bonchev–Trinajstić information content (AvgIpc) is 2.70. The summed E-state index contributed by atoms with van der Waals surface area (Å²) in [6.45, 7) is 10.2. The van der Waals surface area contributed by atoms with E-state index >= 15 is 0 Å². The van der Waals surface area contributed by atoms with E-state index in [-0.39, 0.29) is 5.41 Å². The van der Waals surface area contributed by atoms with Gasteiger partial charge in [-0.3, -0.25) is 4.90 Å². The van der Waals surface area contributed by atoms with Gasteiger partial charge in [-0.25, -0.2) is 0 Å². The highest BCUT2D eigenvalue weighted by atomic mass is 15.1. The molecule has 0 unspecified atom stereocenters. The highest BCUT2D eigenvalue weighted by Crippen LogP contribution is 2.23. The second kappa shape index (κ2) is 6.26. The number of benzene rings is 2. The Morgan fingerprint density at radius 3 is 1.86 bits per heavy atom. The average molecular weight is 293 g/mol. The van der Waals surface area contributed by atoms with Gasteiger partial charge in [-0.1, -0.05) is 69.3 Å². The van der Waals surface area contributed by atoms with Crippen LogP contribution in [0.5, 0.6) is 0 Å². The number of rotatable bonds is 2. The predicted molar refractivity (Wildman–Crippen MR) is 94.3 cm³/mol. The van der Waals surface area contributed by atoms with Crippen molar-refractivity contribution in [3.05, 3.63) is 70.8 Å². The standard InChI is InChI=1S/C21H27N/c1-21(2,3)20-10-8-17(9-11-20)16-22-14-12-18-6-4-5-7-19(18)13-15-22/h4-11H,12-16H2,1-3H3. The Morgan fingerprint density at radius 1 is 0.818 bits per heavy atom. The van der Waals surface area contributed by atoms with Crippen LogP contribution in [0.4, 0.5) is 0 Å². The molecule has 0 saturated carbocycles. The van der Waals surface area contributed by atoms with Crippen LogP contribution in [0.2, 0.25) is 0 Å². The van der Waals surface area contributed by atoms with Crippen LogP contribution in [0.1, 0.15) is 43.0 Å². The minimum atomic E-state index is 0.239. The molecule has 0 spiro atoms. The summed E-state index contributed by atoms with van der Waals surface area (Å²) >= 11 is 0. The van der Waals surface area contributed by atoms with Crippen molar-refractivity contribution in [1.29, 1.82) is 0 Å². The summed E-state index contributed by atoms with van der Waals surface area (Å²) in [6, 6.07) is 18.1. The van der Waals surface area contributed by atoms with Gasteiger partial charge in [0.15, 0.2) is 0 Å². The molecule has 0 saturated heterocycles. The Labute approximate surface area is 135 Å². The minimum absolute atomic E-state index is 0.239. The van der Waals surface area contributed by atoms with Gasteiger partial charge in [0.05, 0.1) is 0 Å². The molecule has 0 N–H and O–H groups in total. The Morgan fingerprint density at radius 2 is 1.36 bits per heavy atom. The molecule has 1 aliphatic rings. The topological polar surface area (TPSA) is 3.24 Å². The van der Waals surface area contributed by atoms with E-state index in [4.69, 9.17) is 0 Å². The normalized spacial score (nSPS) is 16.1. The van der Waals surface area contributed by atoms with E-state index < -0.39 is 0 Å². The van der Waals surface area contributed by atoms with Crippen molar-refractivity contribution >= 4 is 0 Å². The van der Waals surface area contributed by atoms with E-state index in [9.17, 15) is 0 Å².